The fourth-order valence-corrected chi connectivity index (χ4v) is 1.74. The van der Waals surface area contributed by atoms with Crippen molar-refractivity contribution in [1.82, 2.24) is 4.98 Å². The Balaban J connectivity index is 2.47. The summed E-state index contributed by atoms with van der Waals surface area (Å²) in [5.74, 6) is -0.698. The lowest BCUT2D eigenvalue weighted by Gasteiger charge is -1.98. The van der Waals surface area contributed by atoms with E-state index in [1.54, 1.807) is 31.2 Å². The number of carbonyl (C=O) groups excluding carboxylic acids is 1. The summed E-state index contributed by atoms with van der Waals surface area (Å²) in [6, 6.07) is 8.91. The van der Waals surface area contributed by atoms with Crippen molar-refractivity contribution >= 4 is 22.9 Å². The number of H-pyrrole nitrogens is 1. The lowest BCUT2D eigenvalue weighted by molar-refractivity contribution is -0.137. The van der Waals surface area contributed by atoms with Crippen molar-refractivity contribution in [3.05, 3.63) is 35.5 Å². The highest BCUT2D eigenvalue weighted by Crippen LogP contribution is 2.30. The number of hydrogen-bond acceptors (Lipinski definition) is 4. The second kappa shape index (κ2) is 5.27. The van der Waals surface area contributed by atoms with Gasteiger partial charge in [0.25, 0.3) is 0 Å². The van der Waals surface area contributed by atoms with E-state index in [1.165, 1.54) is 6.08 Å². The Morgan fingerprint density at radius 1 is 1.53 bits per heavy atom. The van der Waals surface area contributed by atoms with Crippen LogP contribution in [0.4, 0.5) is 0 Å². The third-order valence-electron chi connectivity index (χ3n) is 2.61. The van der Waals surface area contributed by atoms with Gasteiger partial charge in [-0.3, -0.25) is 0 Å². The zero-order valence-electron chi connectivity index (χ0n) is 10.3. The van der Waals surface area contributed by atoms with Crippen LogP contribution in [0.1, 0.15) is 12.6 Å². The molecular weight excluding hydrogens is 244 g/mol. The molecule has 0 spiro atoms. The molecular formula is C14H12N2O3. The summed E-state index contributed by atoms with van der Waals surface area (Å²) >= 11 is 0. The maximum atomic E-state index is 11.5. The van der Waals surface area contributed by atoms with E-state index in [-0.39, 0.29) is 17.9 Å². The first kappa shape index (κ1) is 12.7. The van der Waals surface area contributed by atoms with Crippen LogP contribution in [-0.4, -0.2) is 22.7 Å². The molecule has 0 aliphatic heterocycles. The lowest BCUT2D eigenvalue weighted by Crippen LogP contribution is -2.06. The predicted molar refractivity (Wildman–Crippen MR) is 70.2 cm³/mol. The van der Waals surface area contributed by atoms with Gasteiger partial charge in [-0.2, -0.15) is 5.26 Å². The number of fused-ring (bicyclic) bond motifs is 1. The molecule has 0 fully saturated rings. The molecule has 0 aliphatic carbocycles. The van der Waals surface area contributed by atoms with Crippen LogP contribution in [0, 0.1) is 11.3 Å². The van der Waals surface area contributed by atoms with Crippen LogP contribution in [0.2, 0.25) is 0 Å². The molecule has 5 heteroatoms. The first-order valence-electron chi connectivity index (χ1n) is 5.76. The number of aromatic nitrogens is 1. The third kappa shape index (κ3) is 2.43. The quantitative estimate of drug-likeness (QED) is 0.501. The van der Waals surface area contributed by atoms with E-state index in [2.05, 4.69) is 4.98 Å². The summed E-state index contributed by atoms with van der Waals surface area (Å²) in [6.07, 6.45) is 1.29. The number of nitrogens with one attached hydrogen (secondary N) is 1. The van der Waals surface area contributed by atoms with Gasteiger partial charge in [0.1, 0.15) is 17.4 Å². The van der Waals surface area contributed by atoms with Crippen LogP contribution in [0.15, 0.2) is 29.8 Å². The zero-order chi connectivity index (χ0) is 13.8. The minimum Gasteiger partial charge on any atom is -0.505 e. The fraction of sp³-hybridized carbons (Fsp3) is 0.143. The molecule has 0 atom stereocenters. The predicted octanol–water partition coefficient (Wildman–Crippen LogP) is 2.34. The minimum atomic E-state index is -0.706. The van der Waals surface area contributed by atoms with Crippen LogP contribution < -0.4 is 0 Å². The molecule has 96 valence electrons. The van der Waals surface area contributed by atoms with Gasteiger partial charge < -0.3 is 14.8 Å². The number of benzene rings is 1. The minimum absolute atomic E-state index is 0.00708. The summed E-state index contributed by atoms with van der Waals surface area (Å²) in [5.41, 5.74) is 0.877. The maximum absolute atomic E-state index is 11.5. The lowest BCUT2D eigenvalue weighted by atomic mass is 10.2. The van der Waals surface area contributed by atoms with Crippen molar-refractivity contribution in [2.45, 2.75) is 6.92 Å². The van der Waals surface area contributed by atoms with Gasteiger partial charge >= 0.3 is 5.97 Å². The molecule has 1 aromatic heterocycles. The van der Waals surface area contributed by atoms with Gasteiger partial charge in [-0.25, -0.2) is 4.79 Å². The molecule has 0 unspecified atom stereocenters. The van der Waals surface area contributed by atoms with E-state index in [0.717, 1.165) is 5.52 Å². The van der Waals surface area contributed by atoms with E-state index in [1.807, 2.05) is 6.07 Å². The Morgan fingerprint density at radius 3 is 2.89 bits per heavy atom. The first-order valence-corrected chi connectivity index (χ1v) is 5.76. The molecule has 0 amide bonds. The molecule has 0 aliphatic rings. The van der Waals surface area contributed by atoms with Crippen LogP contribution in [0.3, 0.4) is 0 Å². The second-order valence-corrected chi connectivity index (χ2v) is 3.82. The highest BCUT2D eigenvalue weighted by atomic mass is 16.5. The van der Waals surface area contributed by atoms with Crippen molar-refractivity contribution < 1.29 is 14.6 Å². The molecule has 1 heterocycles. The fourth-order valence-electron chi connectivity index (χ4n) is 1.74. The second-order valence-electron chi connectivity index (χ2n) is 3.82. The first-order chi connectivity index (χ1) is 9.17. The Morgan fingerprint density at radius 2 is 2.26 bits per heavy atom. The standard InChI is InChI=1S/C14H12N2O3/c1-2-19-14(18)9(8-15)7-12-13(17)10-5-3-4-6-11(10)16-12/h3-7,16-17H,2H2,1H3/b9-7+. The molecule has 0 bridgehead atoms. The van der Waals surface area contributed by atoms with Crippen molar-refractivity contribution in [2.75, 3.05) is 6.61 Å². The Kier molecular flexibility index (Phi) is 3.53. The average molecular weight is 256 g/mol. The number of aromatic amines is 1. The van der Waals surface area contributed by atoms with Gasteiger partial charge in [0, 0.05) is 10.9 Å². The van der Waals surface area contributed by atoms with Crippen molar-refractivity contribution in [2.24, 2.45) is 0 Å². The molecule has 1 aromatic carbocycles. The summed E-state index contributed by atoms with van der Waals surface area (Å²) < 4.78 is 4.76. The Bertz CT molecular complexity index is 692. The Labute approximate surface area is 109 Å². The normalized spacial score (nSPS) is 11.3. The summed E-state index contributed by atoms with van der Waals surface area (Å²) in [7, 11) is 0. The summed E-state index contributed by atoms with van der Waals surface area (Å²) in [4.78, 5) is 14.4. The maximum Gasteiger partial charge on any atom is 0.348 e. The van der Waals surface area contributed by atoms with Gasteiger partial charge in [0.2, 0.25) is 0 Å². The number of rotatable bonds is 3. The van der Waals surface area contributed by atoms with Gasteiger partial charge in [0.05, 0.1) is 12.3 Å². The monoisotopic (exact) mass is 256 g/mol. The number of nitrogens with zero attached hydrogens (tertiary/aromatic N) is 1. The largest absolute Gasteiger partial charge is 0.505 e. The van der Waals surface area contributed by atoms with E-state index in [0.29, 0.717) is 11.1 Å². The number of nitriles is 1. The number of esters is 1. The van der Waals surface area contributed by atoms with Crippen molar-refractivity contribution in [1.29, 1.82) is 5.26 Å². The highest BCUT2D eigenvalue weighted by Gasteiger charge is 2.13. The summed E-state index contributed by atoms with van der Waals surface area (Å²) in [6.45, 7) is 1.85. The third-order valence-corrected chi connectivity index (χ3v) is 2.61. The van der Waals surface area contributed by atoms with E-state index in [4.69, 9.17) is 10.00 Å². The number of carbonyl (C=O) groups is 1. The van der Waals surface area contributed by atoms with Gasteiger partial charge in [-0.1, -0.05) is 12.1 Å². The highest BCUT2D eigenvalue weighted by molar-refractivity contribution is 6.00. The summed E-state index contributed by atoms with van der Waals surface area (Å²) in [5, 5.41) is 19.6. The van der Waals surface area contributed by atoms with Gasteiger partial charge in [0.15, 0.2) is 0 Å². The number of ether oxygens (including phenoxy) is 1. The molecule has 2 aromatic rings. The van der Waals surface area contributed by atoms with Crippen LogP contribution >= 0.6 is 0 Å². The van der Waals surface area contributed by atoms with E-state index < -0.39 is 5.97 Å². The molecule has 0 radical (unpaired) electrons. The number of para-hydroxylation sites is 1. The molecule has 19 heavy (non-hydrogen) atoms. The number of hydrogen-bond donors (Lipinski definition) is 2. The molecule has 2 rings (SSSR count). The van der Waals surface area contributed by atoms with Crippen LogP contribution in [0.25, 0.3) is 17.0 Å². The molecule has 2 N–H and O–H groups in total. The Hall–Kier alpha value is -2.74. The SMILES string of the molecule is CCOC(=O)/C(C#N)=C/c1[nH]c2ccccc2c1O. The van der Waals surface area contributed by atoms with E-state index in [9.17, 15) is 9.90 Å². The van der Waals surface area contributed by atoms with Crippen molar-refractivity contribution in [3.63, 3.8) is 0 Å². The van der Waals surface area contributed by atoms with Gasteiger partial charge in [-0.15, -0.1) is 0 Å². The van der Waals surface area contributed by atoms with E-state index >= 15 is 0 Å². The van der Waals surface area contributed by atoms with Crippen LogP contribution in [-0.2, 0) is 9.53 Å². The molecule has 5 nitrogen and oxygen atoms in total. The topological polar surface area (TPSA) is 86.1 Å². The smallest absolute Gasteiger partial charge is 0.348 e. The number of aromatic hydroxyl groups is 1. The molecule has 0 saturated heterocycles. The molecule has 0 saturated carbocycles. The zero-order valence-corrected chi connectivity index (χ0v) is 10.3. The van der Waals surface area contributed by atoms with Crippen LogP contribution in [0.5, 0.6) is 5.75 Å². The van der Waals surface area contributed by atoms with Gasteiger partial charge in [-0.05, 0) is 25.1 Å². The average Bonchev–Trinajstić information content (AvgIpc) is 2.73. The van der Waals surface area contributed by atoms with Crippen molar-refractivity contribution in [3.8, 4) is 11.8 Å².